The van der Waals surface area contributed by atoms with Gasteiger partial charge in [0.2, 0.25) is 5.84 Å². The number of hydrogen-bond donors (Lipinski definition) is 1. The SMILES string of the molecule is Nc1ccc2c(c1)[N]C(C(F)(F)F)=N2. The van der Waals surface area contributed by atoms with Crippen molar-refractivity contribution in [3.63, 3.8) is 0 Å². The van der Waals surface area contributed by atoms with Gasteiger partial charge in [-0.1, -0.05) is 0 Å². The van der Waals surface area contributed by atoms with Crippen molar-refractivity contribution in [1.29, 1.82) is 0 Å². The molecule has 0 saturated heterocycles. The van der Waals surface area contributed by atoms with Crippen LogP contribution in [0.2, 0.25) is 0 Å². The van der Waals surface area contributed by atoms with E-state index >= 15 is 0 Å². The molecular weight excluding hydrogens is 195 g/mol. The molecule has 0 atom stereocenters. The van der Waals surface area contributed by atoms with Crippen molar-refractivity contribution in [2.24, 2.45) is 4.99 Å². The summed E-state index contributed by atoms with van der Waals surface area (Å²) in [6.45, 7) is 0. The number of rotatable bonds is 0. The topological polar surface area (TPSA) is 52.5 Å². The van der Waals surface area contributed by atoms with E-state index in [1.165, 1.54) is 18.2 Å². The maximum Gasteiger partial charge on any atom is 0.451 e. The smallest absolute Gasteiger partial charge is 0.399 e. The van der Waals surface area contributed by atoms with E-state index in [1.54, 1.807) is 0 Å². The molecule has 6 heteroatoms. The first kappa shape index (κ1) is 8.86. The lowest BCUT2D eigenvalue weighted by molar-refractivity contribution is -0.0608. The Morgan fingerprint density at radius 2 is 1.86 bits per heavy atom. The Labute approximate surface area is 77.4 Å². The molecule has 73 valence electrons. The largest absolute Gasteiger partial charge is 0.451 e. The van der Waals surface area contributed by atoms with Gasteiger partial charge in [0.25, 0.3) is 0 Å². The number of fused-ring (bicyclic) bond motifs is 1. The number of aliphatic imine (C=N–C) groups is 1. The molecule has 0 aliphatic carbocycles. The predicted octanol–water partition coefficient (Wildman–Crippen LogP) is 2.11. The molecule has 1 radical (unpaired) electrons. The van der Waals surface area contributed by atoms with E-state index in [2.05, 4.69) is 10.3 Å². The average molecular weight is 200 g/mol. The maximum absolute atomic E-state index is 12.2. The van der Waals surface area contributed by atoms with Gasteiger partial charge in [-0.15, -0.1) is 0 Å². The summed E-state index contributed by atoms with van der Waals surface area (Å²) in [5.41, 5.74) is 6.12. The zero-order valence-electron chi connectivity index (χ0n) is 6.84. The lowest BCUT2D eigenvalue weighted by atomic mass is 10.2. The van der Waals surface area contributed by atoms with Gasteiger partial charge in [0.1, 0.15) is 0 Å². The second kappa shape index (κ2) is 2.63. The van der Waals surface area contributed by atoms with Crippen molar-refractivity contribution in [3.05, 3.63) is 18.2 Å². The number of nitrogen functional groups attached to an aromatic ring is 1. The van der Waals surface area contributed by atoms with Crippen LogP contribution in [0, 0.1) is 0 Å². The summed E-state index contributed by atoms with van der Waals surface area (Å²) >= 11 is 0. The van der Waals surface area contributed by atoms with Gasteiger partial charge in [0.05, 0.1) is 11.4 Å². The number of nitrogens with two attached hydrogens (primary N) is 1. The molecule has 0 fully saturated rings. The number of anilines is 1. The molecule has 1 aromatic carbocycles. The summed E-state index contributed by atoms with van der Waals surface area (Å²) in [5, 5.41) is 3.33. The Balaban J connectivity index is 2.37. The molecule has 0 amide bonds. The van der Waals surface area contributed by atoms with E-state index < -0.39 is 12.0 Å². The molecule has 3 nitrogen and oxygen atoms in total. The molecule has 2 N–H and O–H groups in total. The van der Waals surface area contributed by atoms with Crippen LogP contribution < -0.4 is 11.1 Å². The number of benzene rings is 1. The number of alkyl halides is 3. The zero-order chi connectivity index (χ0) is 10.3. The molecule has 14 heavy (non-hydrogen) atoms. The van der Waals surface area contributed by atoms with E-state index in [0.29, 0.717) is 5.69 Å². The van der Waals surface area contributed by atoms with Crippen LogP contribution in [0.1, 0.15) is 0 Å². The van der Waals surface area contributed by atoms with Crippen molar-refractivity contribution in [2.45, 2.75) is 6.18 Å². The average Bonchev–Trinajstić information content (AvgIpc) is 2.45. The van der Waals surface area contributed by atoms with Crippen LogP contribution in [0.5, 0.6) is 0 Å². The van der Waals surface area contributed by atoms with Gasteiger partial charge in [-0.05, 0) is 18.2 Å². The van der Waals surface area contributed by atoms with Crippen LogP contribution in [0.4, 0.5) is 30.2 Å². The highest BCUT2D eigenvalue weighted by Crippen LogP contribution is 2.35. The number of amidine groups is 1. The molecule has 1 aliphatic heterocycles. The molecule has 0 saturated carbocycles. The van der Waals surface area contributed by atoms with Crippen LogP contribution in [0.3, 0.4) is 0 Å². The third-order valence-electron chi connectivity index (χ3n) is 1.71. The normalized spacial score (nSPS) is 14.6. The Bertz CT molecular complexity index is 409. The highest BCUT2D eigenvalue weighted by Gasteiger charge is 2.40. The molecule has 0 unspecified atom stereocenters. The van der Waals surface area contributed by atoms with E-state index in [9.17, 15) is 13.2 Å². The summed E-state index contributed by atoms with van der Waals surface area (Å²) < 4.78 is 36.5. The highest BCUT2D eigenvalue weighted by molar-refractivity contribution is 5.99. The summed E-state index contributed by atoms with van der Waals surface area (Å²) in [7, 11) is 0. The lowest BCUT2D eigenvalue weighted by Crippen LogP contribution is -2.27. The Hall–Kier alpha value is -1.72. The van der Waals surface area contributed by atoms with Gasteiger partial charge in [-0.25, -0.2) is 10.3 Å². The van der Waals surface area contributed by atoms with Crippen LogP contribution >= 0.6 is 0 Å². The first-order valence-corrected chi connectivity index (χ1v) is 3.74. The summed E-state index contributed by atoms with van der Waals surface area (Å²) in [6.07, 6.45) is -4.51. The summed E-state index contributed by atoms with van der Waals surface area (Å²) in [5.74, 6) is -1.13. The van der Waals surface area contributed by atoms with Gasteiger partial charge < -0.3 is 5.73 Å². The van der Waals surface area contributed by atoms with E-state index in [0.717, 1.165) is 0 Å². The van der Waals surface area contributed by atoms with Crippen LogP contribution in [-0.4, -0.2) is 12.0 Å². The second-order valence-corrected chi connectivity index (χ2v) is 2.79. The Morgan fingerprint density at radius 3 is 2.50 bits per heavy atom. The lowest BCUT2D eigenvalue weighted by Gasteiger charge is -2.03. The fourth-order valence-corrected chi connectivity index (χ4v) is 1.10. The molecule has 1 heterocycles. The van der Waals surface area contributed by atoms with Crippen molar-refractivity contribution in [2.75, 3.05) is 5.73 Å². The molecule has 2 rings (SSSR count). The van der Waals surface area contributed by atoms with Crippen molar-refractivity contribution in [1.82, 2.24) is 5.32 Å². The van der Waals surface area contributed by atoms with E-state index in [1.807, 2.05) is 0 Å². The van der Waals surface area contributed by atoms with Crippen LogP contribution in [0.25, 0.3) is 0 Å². The standard InChI is InChI=1S/C8H5F3N3/c9-8(10,11)7-13-5-2-1-4(12)3-6(5)14-7/h1-3H,12H2. The fourth-order valence-electron chi connectivity index (χ4n) is 1.10. The zero-order valence-corrected chi connectivity index (χ0v) is 6.84. The minimum atomic E-state index is -4.51. The summed E-state index contributed by atoms with van der Waals surface area (Å²) in [6, 6.07) is 4.25. The minimum absolute atomic E-state index is 0.164. The molecule has 0 bridgehead atoms. The predicted molar refractivity (Wildman–Crippen MR) is 45.8 cm³/mol. The molecule has 0 spiro atoms. The van der Waals surface area contributed by atoms with Crippen LogP contribution in [0.15, 0.2) is 23.2 Å². The van der Waals surface area contributed by atoms with Crippen molar-refractivity contribution < 1.29 is 13.2 Å². The van der Waals surface area contributed by atoms with Crippen molar-refractivity contribution in [3.8, 4) is 0 Å². The highest BCUT2D eigenvalue weighted by atomic mass is 19.4. The molecular formula is C8H5F3N3. The second-order valence-electron chi connectivity index (χ2n) is 2.79. The summed E-state index contributed by atoms with van der Waals surface area (Å²) in [4.78, 5) is 3.33. The Kier molecular flexibility index (Phi) is 1.67. The minimum Gasteiger partial charge on any atom is -0.399 e. The molecule has 1 aromatic rings. The Morgan fingerprint density at radius 1 is 1.14 bits per heavy atom. The third kappa shape index (κ3) is 1.39. The first-order chi connectivity index (χ1) is 6.47. The molecule has 1 aliphatic rings. The van der Waals surface area contributed by atoms with Gasteiger partial charge in [0.15, 0.2) is 0 Å². The fraction of sp³-hybridized carbons (Fsp3) is 0.125. The van der Waals surface area contributed by atoms with Gasteiger partial charge in [0, 0.05) is 5.69 Å². The van der Waals surface area contributed by atoms with E-state index in [4.69, 9.17) is 5.73 Å². The van der Waals surface area contributed by atoms with E-state index in [-0.39, 0.29) is 11.4 Å². The first-order valence-electron chi connectivity index (χ1n) is 3.74. The number of halogens is 3. The van der Waals surface area contributed by atoms with Crippen molar-refractivity contribution >= 4 is 22.9 Å². The van der Waals surface area contributed by atoms with Crippen LogP contribution in [-0.2, 0) is 0 Å². The van der Waals surface area contributed by atoms with Gasteiger partial charge in [-0.3, -0.25) is 0 Å². The van der Waals surface area contributed by atoms with Gasteiger partial charge in [-0.2, -0.15) is 13.2 Å². The third-order valence-corrected chi connectivity index (χ3v) is 1.71. The monoisotopic (exact) mass is 200 g/mol. The maximum atomic E-state index is 12.2. The van der Waals surface area contributed by atoms with Gasteiger partial charge >= 0.3 is 6.18 Å². The number of nitrogens with zero attached hydrogens (tertiary/aromatic N) is 2. The quantitative estimate of drug-likeness (QED) is 0.640. The molecule has 0 aromatic heterocycles. The number of hydrogen-bond acceptors (Lipinski definition) is 2.